The predicted octanol–water partition coefficient (Wildman–Crippen LogP) is 1.71. The Morgan fingerprint density at radius 3 is 2.33 bits per heavy atom. The molecule has 0 aromatic heterocycles. The third-order valence-corrected chi connectivity index (χ3v) is 5.90. The van der Waals surface area contributed by atoms with Crippen molar-refractivity contribution in [2.75, 3.05) is 53.0 Å². The van der Waals surface area contributed by atoms with E-state index in [-0.39, 0.29) is 0 Å². The van der Waals surface area contributed by atoms with Gasteiger partial charge < -0.3 is 15.0 Å². The van der Waals surface area contributed by atoms with Crippen molar-refractivity contribution in [2.24, 2.45) is 0 Å². The molecular weight excluding hydrogens is 262 g/mol. The Balaban J connectivity index is 1.56. The van der Waals surface area contributed by atoms with E-state index in [1.807, 2.05) is 0 Å². The number of morpholine rings is 1. The molecule has 3 fully saturated rings. The average Bonchev–Trinajstić information content (AvgIpc) is 2.56. The van der Waals surface area contributed by atoms with Crippen LogP contribution < -0.4 is 5.32 Å². The van der Waals surface area contributed by atoms with Crippen LogP contribution in [0, 0.1) is 0 Å². The molecule has 122 valence electrons. The highest BCUT2D eigenvalue weighted by Crippen LogP contribution is 2.34. The first-order chi connectivity index (χ1) is 10.3. The van der Waals surface area contributed by atoms with Crippen LogP contribution in [0.5, 0.6) is 0 Å². The molecule has 2 heterocycles. The number of rotatable bonds is 4. The van der Waals surface area contributed by atoms with Crippen LogP contribution in [0.15, 0.2) is 0 Å². The summed E-state index contributed by atoms with van der Waals surface area (Å²) in [6, 6.07) is 0.737. The second kappa shape index (κ2) is 7.40. The molecule has 1 aliphatic carbocycles. The molecule has 0 radical (unpaired) electrons. The first-order valence-corrected chi connectivity index (χ1v) is 9.03. The molecule has 0 aromatic rings. The molecule has 1 saturated carbocycles. The van der Waals surface area contributed by atoms with Crippen LogP contribution in [0.2, 0.25) is 0 Å². The number of hydrogen-bond acceptors (Lipinski definition) is 4. The first kappa shape index (κ1) is 15.7. The minimum atomic E-state index is 0.422. The van der Waals surface area contributed by atoms with Gasteiger partial charge in [0.25, 0.3) is 0 Å². The Bertz CT molecular complexity index is 303. The van der Waals surface area contributed by atoms with Crippen LogP contribution in [-0.2, 0) is 4.74 Å². The third kappa shape index (κ3) is 3.98. The normalized spacial score (nSPS) is 29.6. The highest BCUT2D eigenvalue weighted by molar-refractivity contribution is 4.96. The van der Waals surface area contributed by atoms with Gasteiger partial charge in [0, 0.05) is 31.2 Å². The van der Waals surface area contributed by atoms with E-state index < -0.39 is 0 Å². The predicted molar refractivity (Wildman–Crippen MR) is 86.7 cm³/mol. The largest absolute Gasteiger partial charge is 0.379 e. The maximum Gasteiger partial charge on any atom is 0.0594 e. The summed E-state index contributed by atoms with van der Waals surface area (Å²) in [5.74, 6) is 0. The van der Waals surface area contributed by atoms with E-state index in [0.717, 1.165) is 32.3 Å². The zero-order chi connectivity index (χ0) is 14.5. The molecule has 2 aliphatic heterocycles. The summed E-state index contributed by atoms with van der Waals surface area (Å²) < 4.78 is 5.57. The van der Waals surface area contributed by atoms with Gasteiger partial charge >= 0.3 is 0 Å². The van der Waals surface area contributed by atoms with Crippen molar-refractivity contribution in [3.63, 3.8) is 0 Å². The molecule has 1 N–H and O–H groups in total. The average molecular weight is 295 g/mol. The molecule has 21 heavy (non-hydrogen) atoms. The maximum absolute atomic E-state index is 5.57. The van der Waals surface area contributed by atoms with Crippen molar-refractivity contribution in [3.05, 3.63) is 0 Å². The van der Waals surface area contributed by atoms with Crippen LogP contribution in [0.3, 0.4) is 0 Å². The highest BCUT2D eigenvalue weighted by atomic mass is 16.5. The standard InChI is InChI=1S/C17H33N3O/c1-19-9-5-16(6-10-19)18-15-17(7-3-2-4-8-17)20-11-13-21-14-12-20/h16,18H,2-15H2,1H3. The summed E-state index contributed by atoms with van der Waals surface area (Å²) >= 11 is 0. The Labute approximate surface area is 130 Å². The van der Waals surface area contributed by atoms with Crippen molar-refractivity contribution in [2.45, 2.75) is 56.5 Å². The molecule has 0 aromatic carbocycles. The van der Waals surface area contributed by atoms with Crippen LogP contribution in [0.4, 0.5) is 0 Å². The van der Waals surface area contributed by atoms with Gasteiger partial charge in [0.05, 0.1) is 13.2 Å². The lowest BCUT2D eigenvalue weighted by molar-refractivity contribution is -0.0382. The number of nitrogens with zero attached hydrogens (tertiary/aromatic N) is 2. The molecule has 2 saturated heterocycles. The fourth-order valence-corrected chi connectivity index (χ4v) is 4.40. The lowest BCUT2D eigenvalue weighted by Crippen LogP contribution is -2.60. The molecule has 4 heteroatoms. The summed E-state index contributed by atoms with van der Waals surface area (Å²) in [6.45, 7) is 7.82. The van der Waals surface area contributed by atoms with E-state index in [1.54, 1.807) is 0 Å². The van der Waals surface area contributed by atoms with E-state index in [2.05, 4.69) is 22.2 Å². The monoisotopic (exact) mass is 295 g/mol. The SMILES string of the molecule is CN1CCC(NCC2(N3CCOCC3)CCCCC2)CC1. The first-order valence-electron chi connectivity index (χ1n) is 9.03. The number of piperidine rings is 1. The van der Waals surface area contributed by atoms with E-state index in [1.165, 1.54) is 64.6 Å². The van der Waals surface area contributed by atoms with Crippen molar-refractivity contribution < 1.29 is 4.74 Å². The van der Waals surface area contributed by atoms with Crippen molar-refractivity contribution in [1.29, 1.82) is 0 Å². The molecule has 3 rings (SSSR count). The fraction of sp³-hybridized carbons (Fsp3) is 1.00. The Hall–Kier alpha value is -0.160. The molecule has 4 nitrogen and oxygen atoms in total. The maximum atomic E-state index is 5.57. The summed E-state index contributed by atoms with van der Waals surface area (Å²) in [6.07, 6.45) is 9.64. The topological polar surface area (TPSA) is 27.7 Å². The van der Waals surface area contributed by atoms with Gasteiger partial charge in [0.15, 0.2) is 0 Å². The van der Waals surface area contributed by atoms with Gasteiger partial charge in [0.1, 0.15) is 0 Å². The molecule has 0 spiro atoms. The van der Waals surface area contributed by atoms with Gasteiger partial charge in [0.2, 0.25) is 0 Å². The Morgan fingerprint density at radius 1 is 1.00 bits per heavy atom. The zero-order valence-corrected chi connectivity index (χ0v) is 13.8. The minimum Gasteiger partial charge on any atom is -0.379 e. The molecule has 0 atom stereocenters. The smallest absolute Gasteiger partial charge is 0.0594 e. The van der Waals surface area contributed by atoms with Crippen molar-refractivity contribution in [3.8, 4) is 0 Å². The van der Waals surface area contributed by atoms with Gasteiger partial charge in [-0.25, -0.2) is 0 Å². The molecule has 0 amide bonds. The zero-order valence-electron chi connectivity index (χ0n) is 13.8. The Morgan fingerprint density at radius 2 is 1.67 bits per heavy atom. The Kier molecular flexibility index (Phi) is 5.54. The lowest BCUT2D eigenvalue weighted by Gasteiger charge is -2.49. The van der Waals surface area contributed by atoms with Crippen molar-refractivity contribution in [1.82, 2.24) is 15.1 Å². The van der Waals surface area contributed by atoms with Gasteiger partial charge in [-0.3, -0.25) is 4.90 Å². The lowest BCUT2D eigenvalue weighted by atomic mass is 9.79. The van der Waals surface area contributed by atoms with Crippen LogP contribution in [-0.4, -0.2) is 74.4 Å². The van der Waals surface area contributed by atoms with Crippen molar-refractivity contribution >= 4 is 0 Å². The van der Waals surface area contributed by atoms with Crippen LogP contribution >= 0.6 is 0 Å². The number of ether oxygens (including phenoxy) is 1. The van der Waals surface area contributed by atoms with Gasteiger partial charge in [-0.15, -0.1) is 0 Å². The quantitative estimate of drug-likeness (QED) is 0.854. The fourth-order valence-electron chi connectivity index (χ4n) is 4.40. The van der Waals surface area contributed by atoms with E-state index in [0.29, 0.717) is 5.54 Å². The van der Waals surface area contributed by atoms with E-state index >= 15 is 0 Å². The number of hydrogen-bond donors (Lipinski definition) is 1. The second-order valence-electron chi connectivity index (χ2n) is 7.34. The summed E-state index contributed by atoms with van der Waals surface area (Å²) in [7, 11) is 2.24. The van der Waals surface area contributed by atoms with Crippen LogP contribution in [0.25, 0.3) is 0 Å². The number of likely N-dealkylation sites (tertiary alicyclic amines) is 1. The van der Waals surface area contributed by atoms with E-state index in [9.17, 15) is 0 Å². The highest BCUT2D eigenvalue weighted by Gasteiger charge is 2.38. The van der Waals surface area contributed by atoms with E-state index in [4.69, 9.17) is 4.74 Å². The van der Waals surface area contributed by atoms with Gasteiger partial charge in [-0.1, -0.05) is 19.3 Å². The molecule has 0 bridgehead atoms. The summed E-state index contributed by atoms with van der Waals surface area (Å²) in [5, 5.41) is 3.94. The molecule has 3 aliphatic rings. The molecule has 0 unspecified atom stereocenters. The minimum absolute atomic E-state index is 0.422. The van der Waals surface area contributed by atoms with Gasteiger partial charge in [-0.2, -0.15) is 0 Å². The summed E-state index contributed by atoms with van der Waals surface area (Å²) in [4.78, 5) is 5.20. The third-order valence-electron chi connectivity index (χ3n) is 5.90. The number of nitrogens with one attached hydrogen (secondary N) is 1. The second-order valence-corrected chi connectivity index (χ2v) is 7.34. The van der Waals surface area contributed by atoms with Gasteiger partial charge in [-0.05, 0) is 45.8 Å². The summed E-state index contributed by atoms with van der Waals surface area (Å²) in [5.41, 5.74) is 0.422. The van der Waals surface area contributed by atoms with Crippen LogP contribution in [0.1, 0.15) is 44.9 Å². The molecular formula is C17H33N3O.